The first kappa shape index (κ1) is 17.6. The third kappa shape index (κ3) is 3.19. The van der Waals surface area contributed by atoms with Crippen LogP contribution >= 0.6 is 11.6 Å². The molecule has 0 radical (unpaired) electrons. The lowest BCUT2D eigenvalue weighted by molar-refractivity contribution is 0.419. The molecule has 0 spiro atoms. The molecule has 27 heavy (non-hydrogen) atoms. The monoisotopic (exact) mass is 380 g/mol. The highest BCUT2D eigenvalue weighted by Gasteiger charge is 2.14. The van der Waals surface area contributed by atoms with Crippen LogP contribution in [0.25, 0.3) is 16.6 Å². The molecule has 0 unspecified atom stereocenters. The minimum Gasteiger partial charge on any atom is -0.494 e. The Bertz CT molecular complexity index is 1140. The van der Waals surface area contributed by atoms with E-state index in [1.807, 2.05) is 28.8 Å². The van der Waals surface area contributed by atoms with Gasteiger partial charge in [0.2, 0.25) is 5.95 Å². The van der Waals surface area contributed by atoms with E-state index in [2.05, 4.69) is 42.3 Å². The lowest BCUT2D eigenvalue weighted by Crippen LogP contribution is -2.08. The van der Waals surface area contributed by atoms with E-state index in [-0.39, 0.29) is 0 Å². The first-order chi connectivity index (χ1) is 13.1. The number of benzene rings is 2. The summed E-state index contributed by atoms with van der Waals surface area (Å²) in [6, 6.07) is 12.3. The van der Waals surface area contributed by atoms with E-state index >= 15 is 0 Å². The van der Waals surface area contributed by atoms with Gasteiger partial charge in [-0.3, -0.25) is 4.40 Å². The summed E-state index contributed by atoms with van der Waals surface area (Å²) < 4.78 is 7.47. The van der Waals surface area contributed by atoms with Crippen LogP contribution in [0.4, 0.5) is 5.95 Å². The molecule has 138 valence electrons. The van der Waals surface area contributed by atoms with E-state index in [0.29, 0.717) is 18.4 Å². The van der Waals surface area contributed by atoms with Gasteiger partial charge < -0.3 is 10.1 Å². The summed E-state index contributed by atoms with van der Waals surface area (Å²) in [5, 5.41) is 4.39. The molecule has 2 heterocycles. The van der Waals surface area contributed by atoms with Crippen LogP contribution in [0.1, 0.15) is 22.4 Å². The standard InChI is InChI=1S/C21H21ClN4O/c1-13-7-8-15(14(2)9-13)11-23-21-25-19-17(5-4-6-18(19)27-3)20-24-16(10-22)12-26(20)21/h4-9,12H,10-11H2,1-3H3,(H,23,25). The predicted molar refractivity (Wildman–Crippen MR) is 110 cm³/mol. The van der Waals surface area contributed by atoms with Crippen molar-refractivity contribution in [1.82, 2.24) is 14.4 Å². The van der Waals surface area contributed by atoms with E-state index in [1.165, 1.54) is 16.7 Å². The maximum atomic E-state index is 6.03. The summed E-state index contributed by atoms with van der Waals surface area (Å²) in [6.07, 6.45) is 1.93. The van der Waals surface area contributed by atoms with Gasteiger partial charge in [-0.25, -0.2) is 9.97 Å². The molecular weight excluding hydrogens is 360 g/mol. The highest BCUT2D eigenvalue weighted by Crippen LogP contribution is 2.29. The third-order valence-electron chi connectivity index (χ3n) is 4.73. The summed E-state index contributed by atoms with van der Waals surface area (Å²) in [4.78, 5) is 9.50. The van der Waals surface area contributed by atoms with Crippen molar-refractivity contribution in [3.8, 4) is 5.75 Å². The molecule has 0 saturated carbocycles. The molecule has 0 bridgehead atoms. The molecule has 2 aromatic heterocycles. The van der Waals surface area contributed by atoms with Crippen molar-refractivity contribution < 1.29 is 4.74 Å². The van der Waals surface area contributed by atoms with Gasteiger partial charge in [0.25, 0.3) is 0 Å². The fraction of sp³-hybridized carbons (Fsp3) is 0.238. The SMILES string of the molecule is COc1cccc2c1nc(NCc1ccc(C)cc1C)n1cc(CCl)nc21. The van der Waals surface area contributed by atoms with E-state index in [4.69, 9.17) is 21.3 Å². The molecule has 4 aromatic rings. The lowest BCUT2D eigenvalue weighted by Gasteiger charge is -2.13. The van der Waals surface area contributed by atoms with Gasteiger partial charge in [-0.05, 0) is 37.1 Å². The normalized spacial score (nSPS) is 11.3. The summed E-state index contributed by atoms with van der Waals surface area (Å²) in [6.45, 7) is 4.90. The van der Waals surface area contributed by atoms with Gasteiger partial charge in [0.1, 0.15) is 16.9 Å². The second kappa shape index (κ2) is 7.08. The predicted octanol–water partition coefficient (Wildman–Crippen LogP) is 4.86. The largest absolute Gasteiger partial charge is 0.494 e. The summed E-state index contributed by atoms with van der Waals surface area (Å²) in [5.74, 6) is 1.79. The first-order valence-electron chi connectivity index (χ1n) is 8.81. The maximum Gasteiger partial charge on any atom is 0.209 e. The first-order valence-corrected chi connectivity index (χ1v) is 9.35. The number of rotatable bonds is 5. The number of nitrogens with zero attached hydrogens (tertiary/aromatic N) is 3. The topological polar surface area (TPSA) is 51.5 Å². The number of aryl methyl sites for hydroxylation is 2. The van der Waals surface area contributed by atoms with Crippen LogP contribution in [0.5, 0.6) is 5.75 Å². The molecule has 0 fully saturated rings. The summed E-state index contributed by atoms with van der Waals surface area (Å²) >= 11 is 6.03. The van der Waals surface area contributed by atoms with Crippen molar-refractivity contribution in [2.75, 3.05) is 12.4 Å². The fourth-order valence-corrected chi connectivity index (χ4v) is 3.46. The number of para-hydroxylation sites is 1. The zero-order valence-electron chi connectivity index (χ0n) is 15.6. The number of imidazole rings is 1. The van der Waals surface area contributed by atoms with Crippen LogP contribution in [-0.2, 0) is 12.4 Å². The van der Waals surface area contributed by atoms with Crippen molar-refractivity contribution in [3.63, 3.8) is 0 Å². The van der Waals surface area contributed by atoms with Crippen molar-refractivity contribution in [3.05, 3.63) is 65.0 Å². The second-order valence-electron chi connectivity index (χ2n) is 6.63. The van der Waals surface area contributed by atoms with E-state index in [1.54, 1.807) is 7.11 Å². The number of aromatic nitrogens is 3. The summed E-state index contributed by atoms with van der Waals surface area (Å²) in [7, 11) is 1.65. The fourth-order valence-electron chi connectivity index (χ4n) is 3.33. The number of halogens is 1. The molecule has 2 aromatic carbocycles. The van der Waals surface area contributed by atoms with Gasteiger partial charge >= 0.3 is 0 Å². The molecule has 0 aliphatic heterocycles. The number of nitrogens with one attached hydrogen (secondary N) is 1. The number of hydrogen-bond acceptors (Lipinski definition) is 4. The quantitative estimate of drug-likeness (QED) is 0.502. The number of alkyl halides is 1. The molecule has 0 saturated heterocycles. The molecule has 0 atom stereocenters. The maximum absolute atomic E-state index is 6.03. The Kier molecular flexibility index (Phi) is 4.62. The molecule has 4 rings (SSSR count). The van der Waals surface area contributed by atoms with Crippen molar-refractivity contribution in [1.29, 1.82) is 0 Å². The molecule has 1 N–H and O–H groups in total. The Hall–Kier alpha value is -2.79. The van der Waals surface area contributed by atoms with E-state index in [9.17, 15) is 0 Å². The van der Waals surface area contributed by atoms with Crippen molar-refractivity contribution in [2.24, 2.45) is 0 Å². The lowest BCUT2D eigenvalue weighted by atomic mass is 10.1. The Morgan fingerprint density at radius 1 is 1.15 bits per heavy atom. The number of ether oxygens (including phenoxy) is 1. The van der Waals surface area contributed by atoms with Crippen molar-refractivity contribution in [2.45, 2.75) is 26.3 Å². The Morgan fingerprint density at radius 2 is 2.00 bits per heavy atom. The van der Waals surface area contributed by atoms with Gasteiger partial charge in [-0.1, -0.05) is 29.8 Å². The minimum atomic E-state index is 0.351. The smallest absolute Gasteiger partial charge is 0.209 e. The van der Waals surface area contributed by atoms with Crippen LogP contribution < -0.4 is 10.1 Å². The summed E-state index contributed by atoms with van der Waals surface area (Å²) in [5.41, 5.74) is 6.15. The average Bonchev–Trinajstić information content (AvgIpc) is 3.11. The van der Waals surface area contributed by atoms with Gasteiger partial charge in [-0.15, -0.1) is 11.6 Å². The van der Waals surface area contributed by atoms with Crippen LogP contribution in [0, 0.1) is 13.8 Å². The second-order valence-corrected chi connectivity index (χ2v) is 6.90. The van der Waals surface area contributed by atoms with Gasteiger partial charge in [0.05, 0.1) is 18.7 Å². The minimum absolute atomic E-state index is 0.351. The average molecular weight is 381 g/mol. The zero-order chi connectivity index (χ0) is 19.0. The zero-order valence-corrected chi connectivity index (χ0v) is 16.3. The Labute approximate surface area is 163 Å². The van der Waals surface area contributed by atoms with Gasteiger partial charge in [0.15, 0.2) is 0 Å². The number of anilines is 1. The molecule has 5 nitrogen and oxygen atoms in total. The molecule has 0 aliphatic rings. The van der Waals surface area contributed by atoms with Crippen LogP contribution in [0.15, 0.2) is 42.6 Å². The van der Waals surface area contributed by atoms with Crippen LogP contribution in [0.3, 0.4) is 0 Å². The van der Waals surface area contributed by atoms with Crippen molar-refractivity contribution >= 4 is 34.1 Å². The highest BCUT2D eigenvalue weighted by atomic mass is 35.5. The molecule has 0 amide bonds. The Balaban J connectivity index is 1.83. The number of methoxy groups -OCH3 is 1. The molecular formula is C21H21ClN4O. The molecule has 6 heteroatoms. The number of fused-ring (bicyclic) bond motifs is 3. The van der Waals surface area contributed by atoms with Gasteiger partial charge in [0, 0.05) is 18.1 Å². The van der Waals surface area contributed by atoms with E-state index < -0.39 is 0 Å². The van der Waals surface area contributed by atoms with Crippen LogP contribution in [-0.4, -0.2) is 21.5 Å². The molecule has 0 aliphatic carbocycles. The third-order valence-corrected chi connectivity index (χ3v) is 5.01. The highest BCUT2D eigenvalue weighted by molar-refractivity contribution is 6.17. The Morgan fingerprint density at radius 3 is 2.74 bits per heavy atom. The number of hydrogen-bond donors (Lipinski definition) is 1. The van der Waals surface area contributed by atoms with E-state index in [0.717, 1.165) is 28.0 Å². The van der Waals surface area contributed by atoms with Gasteiger partial charge in [-0.2, -0.15) is 0 Å². The van der Waals surface area contributed by atoms with Crippen LogP contribution in [0.2, 0.25) is 0 Å².